The molecule has 0 saturated carbocycles. The minimum atomic E-state index is -0.230. The Balaban J connectivity index is 1.35. The smallest absolute Gasteiger partial charge is 0.257 e. The van der Waals surface area contributed by atoms with Gasteiger partial charge in [-0.1, -0.05) is 53.8 Å². The summed E-state index contributed by atoms with van der Waals surface area (Å²) in [5, 5.41) is 19.5. The van der Waals surface area contributed by atoms with Crippen LogP contribution in [0.2, 0.25) is 0 Å². The number of hydrogen-bond donors (Lipinski definition) is 2. The zero-order valence-corrected chi connectivity index (χ0v) is 16.5. The Labute approximate surface area is 170 Å². The molecule has 28 heavy (non-hydrogen) atoms. The maximum absolute atomic E-state index is 12.1. The van der Waals surface area contributed by atoms with Crippen LogP contribution in [-0.2, 0) is 6.54 Å². The number of benzene rings is 2. The zero-order chi connectivity index (χ0) is 19.5. The van der Waals surface area contributed by atoms with E-state index in [-0.39, 0.29) is 5.91 Å². The summed E-state index contributed by atoms with van der Waals surface area (Å²) in [6, 6.07) is 17.0. The van der Waals surface area contributed by atoms with Crippen LogP contribution in [0.25, 0.3) is 15.5 Å². The largest absolute Gasteiger partial charge is 0.358 e. The fraction of sp³-hybridized carbons (Fsp3) is 0.105. The van der Waals surface area contributed by atoms with Gasteiger partial charge in [0.15, 0.2) is 10.9 Å². The molecule has 1 amide bonds. The van der Waals surface area contributed by atoms with E-state index in [1.807, 2.05) is 49.4 Å². The molecule has 7 nitrogen and oxygen atoms in total. The molecule has 9 heteroatoms. The quantitative estimate of drug-likeness (QED) is 0.505. The number of nitrogens with zero attached hydrogens (tertiary/aromatic N) is 4. The number of amides is 1. The van der Waals surface area contributed by atoms with Crippen LogP contribution < -0.4 is 10.6 Å². The fourth-order valence-corrected chi connectivity index (χ4v) is 3.64. The molecule has 0 fully saturated rings. The van der Waals surface area contributed by atoms with Crippen molar-refractivity contribution in [3.05, 3.63) is 71.5 Å². The molecule has 0 aliphatic carbocycles. The highest BCUT2D eigenvalue weighted by Crippen LogP contribution is 2.25. The normalized spacial score (nSPS) is 10.8. The van der Waals surface area contributed by atoms with Crippen LogP contribution in [0.5, 0.6) is 0 Å². The number of carbonyl (C=O) groups is 1. The Morgan fingerprint density at radius 1 is 1.11 bits per heavy atom. The Morgan fingerprint density at radius 3 is 2.57 bits per heavy atom. The van der Waals surface area contributed by atoms with Crippen molar-refractivity contribution in [1.82, 2.24) is 30.4 Å². The topological polar surface area (TPSA) is 84.2 Å². The average molecular weight is 409 g/mol. The third-order valence-corrected chi connectivity index (χ3v) is 5.26. The molecule has 0 spiro atoms. The first kappa shape index (κ1) is 18.2. The van der Waals surface area contributed by atoms with Crippen LogP contribution >= 0.6 is 23.6 Å². The highest BCUT2D eigenvalue weighted by molar-refractivity contribution is 7.80. The molecule has 0 bridgehead atoms. The van der Waals surface area contributed by atoms with Crippen LogP contribution in [0, 0.1) is 6.92 Å². The number of aromatic nitrogens is 4. The van der Waals surface area contributed by atoms with Crippen molar-refractivity contribution in [3.8, 4) is 10.6 Å². The SMILES string of the molecule is Cc1nnc2sc(-c3ccc(CNC(=S)NC(=O)c4ccccc4)cc3)nn12. The molecule has 4 rings (SSSR count). The highest BCUT2D eigenvalue weighted by atomic mass is 32.1. The Morgan fingerprint density at radius 2 is 1.86 bits per heavy atom. The van der Waals surface area contributed by atoms with Crippen molar-refractivity contribution in [2.45, 2.75) is 13.5 Å². The van der Waals surface area contributed by atoms with Crippen molar-refractivity contribution in [2.75, 3.05) is 0 Å². The lowest BCUT2D eigenvalue weighted by atomic mass is 10.1. The van der Waals surface area contributed by atoms with Gasteiger partial charge in [-0.25, -0.2) is 0 Å². The van der Waals surface area contributed by atoms with Crippen LogP contribution in [0.1, 0.15) is 21.7 Å². The maximum atomic E-state index is 12.1. The molecule has 2 N–H and O–H groups in total. The summed E-state index contributed by atoms with van der Waals surface area (Å²) in [5.41, 5.74) is 2.62. The zero-order valence-electron chi connectivity index (χ0n) is 14.9. The summed E-state index contributed by atoms with van der Waals surface area (Å²) in [7, 11) is 0. The van der Waals surface area contributed by atoms with Gasteiger partial charge >= 0.3 is 0 Å². The summed E-state index contributed by atoms with van der Waals surface area (Å²) < 4.78 is 1.74. The molecule has 0 saturated heterocycles. The van der Waals surface area contributed by atoms with Crippen molar-refractivity contribution in [3.63, 3.8) is 0 Å². The second-order valence-corrected chi connectivity index (χ2v) is 7.41. The Hall–Kier alpha value is -3.17. The standard InChI is InChI=1S/C19H16N6OS2/c1-12-22-23-19-25(12)24-17(28-19)15-9-7-13(8-10-15)11-20-18(27)21-16(26)14-5-3-2-4-6-14/h2-10H,11H2,1H3,(H2,20,21,26,27). The van der Waals surface area contributed by atoms with E-state index in [0.29, 0.717) is 17.2 Å². The average Bonchev–Trinajstić information content (AvgIpc) is 3.29. The van der Waals surface area contributed by atoms with Gasteiger partial charge in [-0.05, 0) is 36.8 Å². The number of rotatable bonds is 4. The lowest BCUT2D eigenvalue weighted by Gasteiger charge is -2.10. The molecular formula is C19H16N6OS2. The van der Waals surface area contributed by atoms with Crippen LogP contribution in [0.4, 0.5) is 0 Å². The summed E-state index contributed by atoms with van der Waals surface area (Å²) >= 11 is 6.70. The molecule has 2 heterocycles. The van der Waals surface area contributed by atoms with Gasteiger partial charge in [-0.2, -0.15) is 9.61 Å². The Kier molecular flexibility index (Phi) is 5.09. The lowest BCUT2D eigenvalue weighted by molar-refractivity contribution is 0.0976. The monoisotopic (exact) mass is 408 g/mol. The predicted octanol–water partition coefficient (Wildman–Crippen LogP) is 2.97. The molecule has 2 aromatic heterocycles. The van der Waals surface area contributed by atoms with E-state index in [2.05, 4.69) is 25.9 Å². The lowest BCUT2D eigenvalue weighted by Crippen LogP contribution is -2.38. The second kappa shape index (κ2) is 7.83. The van der Waals surface area contributed by atoms with Gasteiger partial charge in [0.05, 0.1) is 0 Å². The third-order valence-electron chi connectivity index (χ3n) is 4.06. The molecule has 0 unspecified atom stereocenters. The van der Waals surface area contributed by atoms with Crippen molar-refractivity contribution < 1.29 is 4.79 Å². The molecule has 0 radical (unpaired) electrons. The van der Waals surface area contributed by atoms with Gasteiger partial charge in [-0.3, -0.25) is 10.1 Å². The molecule has 0 atom stereocenters. The summed E-state index contributed by atoms with van der Waals surface area (Å²) in [4.78, 5) is 12.9. The van der Waals surface area contributed by atoms with Gasteiger partial charge in [-0.15, -0.1) is 10.2 Å². The number of nitrogens with one attached hydrogen (secondary N) is 2. The first-order chi connectivity index (χ1) is 13.6. The number of aryl methyl sites for hydroxylation is 1. The Bertz CT molecular complexity index is 1130. The maximum Gasteiger partial charge on any atom is 0.257 e. The minimum absolute atomic E-state index is 0.230. The van der Waals surface area contributed by atoms with Gasteiger partial charge in [0.2, 0.25) is 4.96 Å². The van der Waals surface area contributed by atoms with E-state index < -0.39 is 0 Å². The second-order valence-electron chi connectivity index (χ2n) is 6.05. The van der Waals surface area contributed by atoms with E-state index in [4.69, 9.17) is 12.2 Å². The molecule has 2 aromatic carbocycles. The van der Waals surface area contributed by atoms with Crippen molar-refractivity contribution in [2.24, 2.45) is 0 Å². The third kappa shape index (κ3) is 3.90. The van der Waals surface area contributed by atoms with E-state index >= 15 is 0 Å². The first-order valence-corrected chi connectivity index (χ1v) is 9.75. The van der Waals surface area contributed by atoms with E-state index in [9.17, 15) is 4.79 Å². The molecule has 0 aliphatic heterocycles. The predicted molar refractivity (Wildman–Crippen MR) is 112 cm³/mol. The van der Waals surface area contributed by atoms with Gasteiger partial charge in [0, 0.05) is 17.7 Å². The number of fused-ring (bicyclic) bond motifs is 1. The van der Waals surface area contributed by atoms with Gasteiger partial charge in [0.25, 0.3) is 5.91 Å². The summed E-state index contributed by atoms with van der Waals surface area (Å²) in [6.07, 6.45) is 0. The molecule has 140 valence electrons. The molecule has 4 aromatic rings. The van der Waals surface area contributed by atoms with E-state index in [1.165, 1.54) is 11.3 Å². The van der Waals surface area contributed by atoms with Crippen molar-refractivity contribution >= 4 is 39.5 Å². The number of hydrogen-bond acceptors (Lipinski definition) is 6. The highest BCUT2D eigenvalue weighted by Gasteiger charge is 2.10. The van der Waals surface area contributed by atoms with Crippen molar-refractivity contribution in [1.29, 1.82) is 0 Å². The summed E-state index contributed by atoms with van der Waals surface area (Å²) in [6.45, 7) is 2.39. The van der Waals surface area contributed by atoms with Gasteiger partial charge in [0.1, 0.15) is 5.01 Å². The summed E-state index contributed by atoms with van der Waals surface area (Å²) in [5.74, 6) is 0.538. The van der Waals surface area contributed by atoms with Crippen LogP contribution in [0.15, 0.2) is 54.6 Å². The van der Waals surface area contributed by atoms with Crippen LogP contribution in [0.3, 0.4) is 0 Å². The number of thiocarbonyl (C=S) groups is 1. The van der Waals surface area contributed by atoms with Gasteiger partial charge < -0.3 is 5.32 Å². The molecular weight excluding hydrogens is 392 g/mol. The fourth-order valence-electron chi connectivity index (χ4n) is 2.59. The first-order valence-electron chi connectivity index (χ1n) is 8.52. The molecule has 0 aliphatic rings. The minimum Gasteiger partial charge on any atom is -0.358 e. The number of carbonyl (C=O) groups excluding carboxylic acids is 1. The van der Waals surface area contributed by atoms with E-state index in [1.54, 1.807) is 16.6 Å². The van der Waals surface area contributed by atoms with E-state index in [0.717, 1.165) is 26.9 Å². The van der Waals surface area contributed by atoms with Crippen LogP contribution in [-0.4, -0.2) is 30.8 Å².